The molecule has 14 heavy (non-hydrogen) atoms. The highest BCUT2D eigenvalue weighted by molar-refractivity contribution is 5.39. The van der Waals surface area contributed by atoms with E-state index in [-0.39, 0.29) is 0 Å². The number of hydrogen-bond acceptors (Lipinski definition) is 1. The minimum Gasteiger partial charge on any atom is -0.328 e. The summed E-state index contributed by atoms with van der Waals surface area (Å²) in [6.45, 7) is 0. The summed E-state index contributed by atoms with van der Waals surface area (Å²) in [5, 5.41) is 0. The first-order valence-corrected chi connectivity index (χ1v) is 5.66. The van der Waals surface area contributed by atoms with Gasteiger partial charge in [-0.15, -0.1) is 0 Å². The highest BCUT2D eigenvalue weighted by Gasteiger charge is 2.33. The van der Waals surface area contributed by atoms with Crippen LogP contribution in [0.5, 0.6) is 0 Å². The van der Waals surface area contributed by atoms with E-state index in [1.807, 2.05) is 0 Å². The molecule has 0 aliphatic heterocycles. The first-order valence-electron chi connectivity index (χ1n) is 5.66. The Hall–Kier alpha value is -0.820. The summed E-state index contributed by atoms with van der Waals surface area (Å²) < 4.78 is 0. The summed E-state index contributed by atoms with van der Waals surface area (Å²) in [5.74, 6) is 1.77. The molecule has 1 aromatic carbocycles. The fourth-order valence-electron chi connectivity index (χ4n) is 2.96. The minimum absolute atomic E-state index is 0.510. The van der Waals surface area contributed by atoms with E-state index >= 15 is 0 Å². The van der Waals surface area contributed by atoms with Crippen molar-refractivity contribution in [2.75, 3.05) is 0 Å². The molecule has 2 aliphatic carbocycles. The van der Waals surface area contributed by atoms with Crippen LogP contribution in [-0.4, -0.2) is 6.04 Å². The van der Waals surface area contributed by atoms with Crippen LogP contribution in [0, 0.1) is 5.92 Å². The van der Waals surface area contributed by atoms with Crippen molar-refractivity contribution in [2.24, 2.45) is 11.7 Å². The van der Waals surface area contributed by atoms with Gasteiger partial charge in [-0.2, -0.15) is 0 Å². The van der Waals surface area contributed by atoms with E-state index < -0.39 is 0 Å². The Morgan fingerprint density at radius 1 is 1.21 bits per heavy atom. The Bertz CT molecular complexity index is 339. The molecule has 0 bridgehead atoms. The average Bonchev–Trinajstić information content (AvgIpc) is 2.11. The molecule has 1 fully saturated rings. The van der Waals surface area contributed by atoms with Gasteiger partial charge in [-0.3, -0.25) is 0 Å². The molecule has 3 rings (SSSR count). The van der Waals surface area contributed by atoms with E-state index in [0.29, 0.717) is 6.04 Å². The smallest absolute Gasteiger partial charge is 0.00441 e. The molecular formula is C13H17N. The van der Waals surface area contributed by atoms with Crippen LogP contribution in [0.4, 0.5) is 0 Å². The van der Waals surface area contributed by atoms with Gasteiger partial charge in [-0.05, 0) is 48.6 Å². The SMILES string of the molecule is NC1CC(CC2Cc3ccccc32)C1. The second kappa shape index (κ2) is 3.09. The van der Waals surface area contributed by atoms with Gasteiger partial charge in [0.15, 0.2) is 0 Å². The average molecular weight is 187 g/mol. The predicted octanol–water partition coefficient (Wildman–Crippen LogP) is 2.45. The van der Waals surface area contributed by atoms with Crippen LogP contribution in [0.1, 0.15) is 36.3 Å². The molecule has 1 saturated carbocycles. The Kier molecular flexibility index (Phi) is 1.88. The number of nitrogens with two attached hydrogens (primary N) is 1. The van der Waals surface area contributed by atoms with Crippen LogP contribution >= 0.6 is 0 Å². The van der Waals surface area contributed by atoms with Gasteiger partial charge in [-0.25, -0.2) is 0 Å². The number of hydrogen-bond donors (Lipinski definition) is 1. The summed E-state index contributed by atoms with van der Waals surface area (Å²) in [6, 6.07) is 9.38. The topological polar surface area (TPSA) is 26.0 Å². The fraction of sp³-hybridized carbons (Fsp3) is 0.538. The predicted molar refractivity (Wildman–Crippen MR) is 58.2 cm³/mol. The molecule has 1 nitrogen and oxygen atoms in total. The number of benzene rings is 1. The van der Waals surface area contributed by atoms with Gasteiger partial charge in [0.05, 0.1) is 0 Å². The summed E-state index contributed by atoms with van der Waals surface area (Å²) in [5.41, 5.74) is 8.97. The van der Waals surface area contributed by atoms with Crippen LogP contribution < -0.4 is 5.73 Å². The van der Waals surface area contributed by atoms with Gasteiger partial charge in [-0.1, -0.05) is 24.3 Å². The Balaban J connectivity index is 1.63. The third-order valence-electron chi connectivity index (χ3n) is 3.85. The molecule has 0 radical (unpaired) electrons. The molecule has 1 heteroatoms. The lowest BCUT2D eigenvalue weighted by molar-refractivity contribution is 0.228. The second-order valence-electron chi connectivity index (χ2n) is 4.93. The maximum atomic E-state index is 5.80. The van der Waals surface area contributed by atoms with Crippen molar-refractivity contribution in [2.45, 2.75) is 37.6 Å². The first-order chi connectivity index (χ1) is 6.83. The van der Waals surface area contributed by atoms with E-state index in [1.165, 1.54) is 25.7 Å². The molecule has 0 amide bonds. The largest absolute Gasteiger partial charge is 0.328 e. The molecule has 0 spiro atoms. The molecular weight excluding hydrogens is 170 g/mol. The van der Waals surface area contributed by atoms with Crippen LogP contribution in [0.15, 0.2) is 24.3 Å². The summed E-state index contributed by atoms with van der Waals surface area (Å²) in [6.07, 6.45) is 5.21. The summed E-state index contributed by atoms with van der Waals surface area (Å²) in [4.78, 5) is 0. The van der Waals surface area contributed by atoms with Gasteiger partial charge in [0.25, 0.3) is 0 Å². The van der Waals surface area contributed by atoms with Gasteiger partial charge in [0.1, 0.15) is 0 Å². The molecule has 2 aliphatic rings. The van der Waals surface area contributed by atoms with Gasteiger partial charge in [0, 0.05) is 6.04 Å². The number of rotatable bonds is 2. The Labute approximate surface area is 85.3 Å². The number of fused-ring (bicyclic) bond motifs is 1. The first kappa shape index (κ1) is 8.49. The molecule has 2 N–H and O–H groups in total. The normalized spacial score (nSPS) is 34.2. The highest BCUT2D eigenvalue weighted by atomic mass is 14.7. The zero-order chi connectivity index (χ0) is 9.54. The lowest BCUT2D eigenvalue weighted by Gasteiger charge is -2.39. The molecule has 0 aromatic heterocycles. The van der Waals surface area contributed by atoms with Gasteiger partial charge >= 0.3 is 0 Å². The van der Waals surface area contributed by atoms with Crippen molar-refractivity contribution in [3.63, 3.8) is 0 Å². The van der Waals surface area contributed by atoms with Crippen LogP contribution in [0.3, 0.4) is 0 Å². The molecule has 1 atom stereocenters. The third-order valence-corrected chi connectivity index (χ3v) is 3.85. The zero-order valence-electron chi connectivity index (χ0n) is 8.45. The van der Waals surface area contributed by atoms with Crippen LogP contribution in [0.25, 0.3) is 0 Å². The van der Waals surface area contributed by atoms with E-state index in [9.17, 15) is 0 Å². The van der Waals surface area contributed by atoms with E-state index in [4.69, 9.17) is 5.73 Å². The molecule has 0 heterocycles. The van der Waals surface area contributed by atoms with Crippen molar-refractivity contribution < 1.29 is 0 Å². The van der Waals surface area contributed by atoms with Gasteiger partial charge < -0.3 is 5.73 Å². The molecule has 1 aromatic rings. The Morgan fingerprint density at radius 3 is 2.71 bits per heavy atom. The van der Waals surface area contributed by atoms with Gasteiger partial charge in [0.2, 0.25) is 0 Å². The minimum atomic E-state index is 0.510. The van der Waals surface area contributed by atoms with Crippen molar-refractivity contribution >= 4 is 0 Å². The summed E-state index contributed by atoms with van der Waals surface area (Å²) >= 11 is 0. The van der Waals surface area contributed by atoms with Crippen molar-refractivity contribution in [1.29, 1.82) is 0 Å². The quantitative estimate of drug-likeness (QED) is 0.756. The van der Waals surface area contributed by atoms with Crippen LogP contribution in [0.2, 0.25) is 0 Å². The standard InChI is InChI=1S/C13H17N/c14-12-6-9(7-12)5-11-8-10-3-1-2-4-13(10)11/h1-4,9,11-12H,5-8,14H2. The third kappa shape index (κ3) is 1.27. The van der Waals surface area contributed by atoms with Crippen molar-refractivity contribution in [3.05, 3.63) is 35.4 Å². The van der Waals surface area contributed by atoms with Crippen molar-refractivity contribution in [3.8, 4) is 0 Å². The van der Waals surface area contributed by atoms with E-state index in [1.54, 1.807) is 11.1 Å². The lowest BCUT2D eigenvalue weighted by Crippen LogP contribution is -2.37. The van der Waals surface area contributed by atoms with Crippen LogP contribution in [-0.2, 0) is 6.42 Å². The highest BCUT2D eigenvalue weighted by Crippen LogP contribution is 2.43. The molecule has 1 unspecified atom stereocenters. The maximum absolute atomic E-state index is 5.80. The monoisotopic (exact) mass is 187 g/mol. The van der Waals surface area contributed by atoms with Crippen molar-refractivity contribution in [1.82, 2.24) is 0 Å². The Morgan fingerprint density at radius 2 is 2.00 bits per heavy atom. The molecule has 74 valence electrons. The van der Waals surface area contributed by atoms with E-state index in [2.05, 4.69) is 24.3 Å². The second-order valence-corrected chi connectivity index (χ2v) is 4.93. The van der Waals surface area contributed by atoms with E-state index in [0.717, 1.165) is 11.8 Å². The fourth-order valence-corrected chi connectivity index (χ4v) is 2.96. The maximum Gasteiger partial charge on any atom is 0.00441 e. The lowest BCUT2D eigenvalue weighted by atomic mass is 9.68. The zero-order valence-corrected chi connectivity index (χ0v) is 8.45. The molecule has 0 saturated heterocycles. The summed E-state index contributed by atoms with van der Waals surface area (Å²) in [7, 11) is 0.